The summed E-state index contributed by atoms with van der Waals surface area (Å²) in [4.78, 5) is 72.4. The van der Waals surface area contributed by atoms with Gasteiger partial charge in [-0.25, -0.2) is 9.13 Å². The van der Waals surface area contributed by atoms with Gasteiger partial charge in [-0.2, -0.15) is 0 Å². The van der Waals surface area contributed by atoms with Gasteiger partial charge >= 0.3 is 39.5 Å². The van der Waals surface area contributed by atoms with Crippen LogP contribution in [0.4, 0.5) is 0 Å². The van der Waals surface area contributed by atoms with Crippen molar-refractivity contribution in [2.75, 3.05) is 39.6 Å². The lowest BCUT2D eigenvalue weighted by atomic mass is 10.00. The van der Waals surface area contributed by atoms with Crippen LogP contribution in [0.3, 0.4) is 0 Å². The van der Waals surface area contributed by atoms with E-state index in [0.29, 0.717) is 31.6 Å². The van der Waals surface area contributed by atoms with Crippen LogP contribution in [-0.2, 0) is 65.4 Å². The molecule has 17 nitrogen and oxygen atoms in total. The van der Waals surface area contributed by atoms with Crippen LogP contribution in [0.25, 0.3) is 0 Å². The van der Waals surface area contributed by atoms with Gasteiger partial charge in [0.05, 0.1) is 26.4 Å². The Balaban J connectivity index is 5.23. The maximum Gasteiger partial charge on any atom is 0.472 e. The summed E-state index contributed by atoms with van der Waals surface area (Å²) in [5, 5.41) is 10.6. The summed E-state index contributed by atoms with van der Waals surface area (Å²) in [5.74, 6) is 0.808. The molecule has 0 amide bonds. The van der Waals surface area contributed by atoms with Crippen LogP contribution in [0.2, 0.25) is 0 Å². The molecule has 0 heterocycles. The molecule has 0 saturated carbocycles. The Bertz CT molecular complexity index is 1750. The lowest BCUT2D eigenvalue weighted by Crippen LogP contribution is -2.30. The minimum absolute atomic E-state index is 0.101. The van der Waals surface area contributed by atoms with Gasteiger partial charge in [0.25, 0.3) is 0 Å². The Kier molecular flexibility index (Phi) is 57.6. The molecule has 0 aromatic heterocycles. The van der Waals surface area contributed by atoms with Gasteiger partial charge in [-0.05, 0) is 49.4 Å². The minimum atomic E-state index is -4.95. The highest BCUT2D eigenvalue weighted by Crippen LogP contribution is 2.45. The van der Waals surface area contributed by atoms with E-state index in [1.807, 2.05) is 0 Å². The molecule has 0 saturated heterocycles. The van der Waals surface area contributed by atoms with E-state index in [0.717, 1.165) is 114 Å². The third-order valence-electron chi connectivity index (χ3n) is 16.2. The van der Waals surface area contributed by atoms with Crippen molar-refractivity contribution < 1.29 is 80.2 Å². The van der Waals surface area contributed by atoms with E-state index >= 15 is 0 Å². The van der Waals surface area contributed by atoms with E-state index < -0.39 is 97.5 Å². The van der Waals surface area contributed by atoms with Crippen LogP contribution >= 0.6 is 15.6 Å². The molecule has 6 atom stereocenters. The smallest absolute Gasteiger partial charge is 0.462 e. The van der Waals surface area contributed by atoms with Crippen LogP contribution in [-0.4, -0.2) is 96.7 Å². The highest BCUT2D eigenvalue weighted by molar-refractivity contribution is 7.47. The predicted octanol–water partition coefficient (Wildman–Crippen LogP) is 19.3. The third-order valence-corrected chi connectivity index (χ3v) is 18.1. The zero-order valence-electron chi connectivity index (χ0n) is 57.3. The van der Waals surface area contributed by atoms with Gasteiger partial charge in [-0.1, -0.05) is 287 Å². The Morgan fingerprint density at radius 1 is 0.318 bits per heavy atom. The molecule has 0 aromatic carbocycles. The Morgan fingerprint density at radius 2 is 0.545 bits per heavy atom. The summed E-state index contributed by atoms with van der Waals surface area (Å²) in [6.07, 6.45) is 40.5. The molecular formula is C69H134O17P2. The molecule has 522 valence electrons. The Labute approximate surface area is 537 Å². The molecule has 0 aliphatic heterocycles. The fourth-order valence-electron chi connectivity index (χ4n) is 10.3. The van der Waals surface area contributed by atoms with Crippen LogP contribution in [0.5, 0.6) is 0 Å². The average Bonchev–Trinajstić information content (AvgIpc) is 3.37. The largest absolute Gasteiger partial charge is 0.472 e. The second kappa shape index (κ2) is 58.8. The number of esters is 4. The molecule has 0 aliphatic carbocycles. The Morgan fingerprint density at radius 3 is 0.807 bits per heavy atom. The average molecular weight is 1300 g/mol. The van der Waals surface area contributed by atoms with Crippen molar-refractivity contribution in [1.29, 1.82) is 0 Å². The number of hydrogen-bond acceptors (Lipinski definition) is 15. The molecule has 0 spiro atoms. The van der Waals surface area contributed by atoms with Crippen LogP contribution in [0.1, 0.15) is 338 Å². The summed E-state index contributed by atoms with van der Waals surface area (Å²) in [6, 6.07) is 0. The molecule has 3 N–H and O–H groups in total. The summed E-state index contributed by atoms with van der Waals surface area (Å²) in [5.41, 5.74) is 0. The molecule has 0 bridgehead atoms. The number of carbonyl (C=O) groups excluding carboxylic acids is 4. The number of hydrogen-bond donors (Lipinski definition) is 3. The number of unbranched alkanes of at least 4 members (excludes halogenated alkanes) is 31. The summed E-state index contributed by atoms with van der Waals surface area (Å²) >= 11 is 0. The predicted molar refractivity (Wildman–Crippen MR) is 354 cm³/mol. The number of carbonyl (C=O) groups is 4. The molecule has 0 fully saturated rings. The summed E-state index contributed by atoms with van der Waals surface area (Å²) in [7, 11) is -9.90. The SMILES string of the molecule is CCC(C)CCCCCCCCC(=O)O[C@H](COC(=O)CCCCCCCCC(C)C)COP(=O)(O)OC[C@H](O)COP(=O)(O)OC[C@@H](COC(=O)CCCCCCCCCCCCCCCC(C)C)OC(=O)CCCCCCCCCCCCC(C)C. The van der Waals surface area contributed by atoms with Gasteiger partial charge < -0.3 is 33.8 Å². The van der Waals surface area contributed by atoms with Gasteiger partial charge in [0.15, 0.2) is 12.2 Å². The van der Waals surface area contributed by atoms with Crippen molar-refractivity contribution in [2.45, 2.75) is 356 Å². The van der Waals surface area contributed by atoms with Crippen molar-refractivity contribution in [3.63, 3.8) is 0 Å². The van der Waals surface area contributed by atoms with Gasteiger partial charge in [0.1, 0.15) is 19.3 Å². The normalized spacial score (nSPS) is 14.6. The topological polar surface area (TPSA) is 237 Å². The number of aliphatic hydroxyl groups is 1. The highest BCUT2D eigenvalue weighted by atomic mass is 31.2. The highest BCUT2D eigenvalue weighted by Gasteiger charge is 2.30. The number of phosphoric acid groups is 2. The van der Waals surface area contributed by atoms with E-state index in [2.05, 4.69) is 55.4 Å². The first-order chi connectivity index (χ1) is 42.1. The number of phosphoric ester groups is 2. The maximum absolute atomic E-state index is 13.0. The molecule has 0 rings (SSSR count). The van der Waals surface area contributed by atoms with E-state index in [9.17, 15) is 43.2 Å². The molecule has 3 unspecified atom stereocenters. The fraction of sp³-hybridized carbons (Fsp3) is 0.942. The number of aliphatic hydroxyl groups excluding tert-OH is 1. The van der Waals surface area contributed by atoms with Crippen LogP contribution in [0, 0.1) is 23.7 Å². The molecule has 19 heteroatoms. The zero-order valence-corrected chi connectivity index (χ0v) is 59.1. The van der Waals surface area contributed by atoms with Crippen molar-refractivity contribution in [3.05, 3.63) is 0 Å². The van der Waals surface area contributed by atoms with E-state index in [1.54, 1.807) is 0 Å². The van der Waals surface area contributed by atoms with Gasteiger partial charge in [-0.3, -0.25) is 37.3 Å². The number of ether oxygens (including phenoxy) is 4. The van der Waals surface area contributed by atoms with Crippen molar-refractivity contribution in [3.8, 4) is 0 Å². The zero-order chi connectivity index (χ0) is 65.4. The van der Waals surface area contributed by atoms with E-state index in [-0.39, 0.29) is 25.7 Å². The van der Waals surface area contributed by atoms with Crippen molar-refractivity contribution in [1.82, 2.24) is 0 Å². The van der Waals surface area contributed by atoms with Gasteiger partial charge in [-0.15, -0.1) is 0 Å². The van der Waals surface area contributed by atoms with E-state index in [4.69, 9.17) is 37.0 Å². The monoisotopic (exact) mass is 1300 g/mol. The standard InChI is InChI=1S/C69H134O17P2/c1-9-62(8)48-40-32-26-28-36-44-52-69(74)86-65(56-80-67(72)50-42-34-27-25-31-39-47-61(6)7)58-84-88(77,78)82-54-63(70)53-81-87(75,76)83-57-64(85-68(73)51-43-35-24-20-16-15-18-22-30-38-46-60(4)5)55-79-66(71)49-41-33-23-19-14-12-10-11-13-17-21-29-37-45-59(2)3/h59-65,70H,9-58H2,1-8H3,(H,75,76)(H,77,78)/t62?,63-,64-,65-/m1/s1. The first kappa shape index (κ1) is 86.1. The lowest BCUT2D eigenvalue weighted by Gasteiger charge is -2.21. The number of rotatable bonds is 66. The van der Waals surface area contributed by atoms with Gasteiger partial charge in [0.2, 0.25) is 0 Å². The minimum Gasteiger partial charge on any atom is -0.462 e. The van der Waals surface area contributed by atoms with E-state index in [1.165, 1.54) is 135 Å². The van der Waals surface area contributed by atoms with Crippen molar-refractivity contribution in [2.24, 2.45) is 23.7 Å². The molecular weight excluding hydrogens is 1160 g/mol. The first-order valence-corrected chi connectivity index (χ1v) is 38.7. The molecule has 0 radical (unpaired) electrons. The second-order valence-electron chi connectivity index (χ2n) is 26.6. The quantitative estimate of drug-likeness (QED) is 0.0222. The molecule has 0 aromatic rings. The third kappa shape index (κ3) is 61.6. The molecule has 0 aliphatic rings. The molecule has 88 heavy (non-hydrogen) atoms. The van der Waals surface area contributed by atoms with Crippen LogP contribution in [0.15, 0.2) is 0 Å². The van der Waals surface area contributed by atoms with Gasteiger partial charge in [0, 0.05) is 25.7 Å². The van der Waals surface area contributed by atoms with Crippen LogP contribution < -0.4 is 0 Å². The fourth-order valence-corrected chi connectivity index (χ4v) is 11.9. The lowest BCUT2D eigenvalue weighted by molar-refractivity contribution is -0.161. The Hall–Kier alpha value is -1.94. The summed E-state index contributed by atoms with van der Waals surface area (Å²) in [6.45, 7) is 14.0. The first-order valence-electron chi connectivity index (χ1n) is 35.7. The maximum atomic E-state index is 13.0. The second-order valence-corrected chi connectivity index (χ2v) is 29.5. The van der Waals surface area contributed by atoms with Crippen molar-refractivity contribution >= 4 is 39.5 Å². The summed E-state index contributed by atoms with van der Waals surface area (Å²) < 4.78 is 68.2.